The minimum Gasteiger partial charge on any atom is -0.481 e. The molecule has 7 heteroatoms. The van der Waals surface area contributed by atoms with Gasteiger partial charge in [0.05, 0.1) is 6.54 Å². The molecule has 3 N–H and O–H groups in total. The fraction of sp³-hybridized carbons (Fsp3) is 0.455. The lowest BCUT2D eigenvalue weighted by Crippen LogP contribution is -2.35. The van der Waals surface area contributed by atoms with E-state index in [1.807, 2.05) is 11.4 Å². The number of carbonyl (C=O) groups is 2. The number of amides is 2. The van der Waals surface area contributed by atoms with Crippen LogP contribution < -0.4 is 10.6 Å². The third kappa shape index (κ3) is 6.02. The molecule has 0 unspecified atom stereocenters. The Morgan fingerprint density at radius 2 is 2.11 bits per heavy atom. The number of hydrogen-bond acceptors (Lipinski definition) is 3. The van der Waals surface area contributed by atoms with Gasteiger partial charge in [-0.25, -0.2) is 4.79 Å². The van der Waals surface area contributed by atoms with E-state index in [1.165, 1.54) is 0 Å². The first-order valence-corrected chi connectivity index (χ1v) is 7.22. The van der Waals surface area contributed by atoms with Gasteiger partial charge in [0.1, 0.15) is 0 Å². The highest BCUT2D eigenvalue weighted by molar-refractivity contribution is 9.10. The van der Waals surface area contributed by atoms with Crippen molar-refractivity contribution in [3.8, 4) is 0 Å². The SMILES string of the molecule is O=C(O)CCCCNC(=O)NCc1sccc1Br. The van der Waals surface area contributed by atoms with Crippen LogP contribution in [0.4, 0.5) is 4.79 Å². The largest absolute Gasteiger partial charge is 0.481 e. The molecule has 100 valence electrons. The number of halogens is 1. The fourth-order valence-corrected chi connectivity index (χ4v) is 2.71. The summed E-state index contributed by atoms with van der Waals surface area (Å²) in [6.07, 6.45) is 1.39. The Hall–Kier alpha value is -1.08. The van der Waals surface area contributed by atoms with E-state index in [1.54, 1.807) is 11.3 Å². The Kier molecular flexibility index (Phi) is 6.74. The Labute approximate surface area is 118 Å². The third-order valence-corrected chi connectivity index (χ3v) is 4.13. The summed E-state index contributed by atoms with van der Waals surface area (Å²) in [5, 5.41) is 15.8. The van der Waals surface area contributed by atoms with E-state index in [9.17, 15) is 9.59 Å². The highest BCUT2D eigenvalue weighted by Crippen LogP contribution is 2.21. The first-order chi connectivity index (χ1) is 8.59. The summed E-state index contributed by atoms with van der Waals surface area (Å²) in [7, 11) is 0. The highest BCUT2D eigenvalue weighted by Gasteiger charge is 2.04. The van der Waals surface area contributed by atoms with E-state index in [4.69, 9.17) is 5.11 Å². The van der Waals surface area contributed by atoms with Gasteiger partial charge in [-0.2, -0.15) is 0 Å². The minimum atomic E-state index is -0.804. The average molecular weight is 335 g/mol. The maximum Gasteiger partial charge on any atom is 0.315 e. The smallest absolute Gasteiger partial charge is 0.315 e. The summed E-state index contributed by atoms with van der Waals surface area (Å²) in [6.45, 7) is 0.976. The van der Waals surface area contributed by atoms with Crippen molar-refractivity contribution in [3.63, 3.8) is 0 Å². The molecule has 0 aliphatic rings. The normalized spacial score (nSPS) is 10.1. The van der Waals surface area contributed by atoms with Crippen LogP contribution in [0.15, 0.2) is 15.9 Å². The molecule has 0 bridgehead atoms. The minimum absolute atomic E-state index is 0.144. The molecule has 1 rings (SSSR count). The first kappa shape index (κ1) is 15.0. The molecule has 0 atom stereocenters. The van der Waals surface area contributed by atoms with Gasteiger partial charge >= 0.3 is 12.0 Å². The van der Waals surface area contributed by atoms with Crippen LogP contribution in [-0.4, -0.2) is 23.7 Å². The molecule has 0 aromatic carbocycles. The van der Waals surface area contributed by atoms with Crippen LogP contribution >= 0.6 is 27.3 Å². The van der Waals surface area contributed by atoms with Gasteiger partial charge in [0.2, 0.25) is 0 Å². The molecular weight excluding hydrogens is 320 g/mol. The van der Waals surface area contributed by atoms with Crippen LogP contribution in [0.2, 0.25) is 0 Å². The van der Waals surface area contributed by atoms with Gasteiger partial charge in [0.15, 0.2) is 0 Å². The van der Waals surface area contributed by atoms with Gasteiger partial charge in [-0.1, -0.05) is 0 Å². The van der Waals surface area contributed by atoms with Crippen molar-refractivity contribution in [1.29, 1.82) is 0 Å². The van der Waals surface area contributed by atoms with Gasteiger partial charge in [-0.3, -0.25) is 4.79 Å². The van der Waals surface area contributed by atoms with Gasteiger partial charge < -0.3 is 15.7 Å². The standard InChI is InChI=1S/C11H15BrN2O3S/c12-8-4-6-18-9(8)7-14-11(17)13-5-2-1-3-10(15)16/h4,6H,1-3,5,7H2,(H,15,16)(H2,13,14,17). The maximum absolute atomic E-state index is 11.4. The lowest BCUT2D eigenvalue weighted by Gasteiger charge is -2.06. The number of nitrogens with one attached hydrogen (secondary N) is 2. The number of carboxylic acids is 1. The second kappa shape index (κ2) is 8.10. The van der Waals surface area contributed by atoms with E-state index < -0.39 is 5.97 Å². The molecule has 18 heavy (non-hydrogen) atoms. The van der Waals surface area contributed by atoms with Crippen molar-refractivity contribution in [1.82, 2.24) is 10.6 Å². The van der Waals surface area contributed by atoms with Gasteiger partial charge in [-0.05, 0) is 40.2 Å². The molecule has 1 heterocycles. The number of urea groups is 1. The van der Waals surface area contributed by atoms with Gasteiger partial charge in [0, 0.05) is 22.3 Å². The second-order valence-corrected chi connectivity index (χ2v) is 5.51. The predicted molar refractivity (Wildman–Crippen MR) is 73.7 cm³/mol. The summed E-state index contributed by atoms with van der Waals surface area (Å²) >= 11 is 4.96. The lowest BCUT2D eigenvalue weighted by molar-refractivity contribution is -0.137. The number of rotatable bonds is 7. The van der Waals surface area contributed by atoms with Crippen molar-refractivity contribution < 1.29 is 14.7 Å². The zero-order valence-corrected chi connectivity index (χ0v) is 12.1. The average Bonchev–Trinajstić information content (AvgIpc) is 2.71. The Morgan fingerprint density at radius 3 is 2.72 bits per heavy atom. The molecule has 1 aromatic heterocycles. The molecule has 0 aliphatic heterocycles. The predicted octanol–water partition coefficient (Wildman–Crippen LogP) is 2.56. The molecule has 1 aromatic rings. The number of carboxylic acid groups (broad SMARTS) is 1. The van der Waals surface area contributed by atoms with E-state index in [-0.39, 0.29) is 12.5 Å². The Balaban J connectivity index is 2.07. The second-order valence-electron chi connectivity index (χ2n) is 3.65. The van der Waals surface area contributed by atoms with E-state index in [0.29, 0.717) is 25.9 Å². The lowest BCUT2D eigenvalue weighted by atomic mass is 10.2. The highest BCUT2D eigenvalue weighted by atomic mass is 79.9. The molecule has 0 radical (unpaired) electrons. The molecule has 0 aliphatic carbocycles. The summed E-state index contributed by atoms with van der Waals surface area (Å²) in [6, 6.07) is 1.71. The summed E-state index contributed by atoms with van der Waals surface area (Å²) in [5.41, 5.74) is 0. The zero-order chi connectivity index (χ0) is 13.4. The van der Waals surface area contributed by atoms with E-state index in [2.05, 4.69) is 26.6 Å². The number of thiophene rings is 1. The monoisotopic (exact) mass is 334 g/mol. The summed E-state index contributed by atoms with van der Waals surface area (Å²) in [4.78, 5) is 22.7. The summed E-state index contributed by atoms with van der Waals surface area (Å²) < 4.78 is 0.995. The summed E-state index contributed by atoms with van der Waals surface area (Å²) in [5.74, 6) is -0.804. The maximum atomic E-state index is 11.4. The first-order valence-electron chi connectivity index (χ1n) is 5.55. The van der Waals surface area contributed by atoms with Crippen LogP contribution in [-0.2, 0) is 11.3 Å². The van der Waals surface area contributed by atoms with Crippen LogP contribution in [0.25, 0.3) is 0 Å². The molecule has 0 saturated carbocycles. The van der Waals surface area contributed by atoms with Crippen molar-refractivity contribution in [2.45, 2.75) is 25.8 Å². The van der Waals surface area contributed by atoms with E-state index >= 15 is 0 Å². The quantitative estimate of drug-likeness (QED) is 0.670. The molecule has 5 nitrogen and oxygen atoms in total. The third-order valence-electron chi connectivity index (χ3n) is 2.20. The van der Waals surface area contributed by atoms with Crippen molar-refractivity contribution in [2.24, 2.45) is 0 Å². The van der Waals surface area contributed by atoms with E-state index in [0.717, 1.165) is 9.35 Å². The molecule has 0 spiro atoms. The van der Waals surface area contributed by atoms with Crippen LogP contribution in [0.5, 0.6) is 0 Å². The Bertz CT molecular complexity index is 409. The number of unbranched alkanes of at least 4 members (excludes halogenated alkanes) is 1. The van der Waals surface area contributed by atoms with Crippen LogP contribution in [0.1, 0.15) is 24.1 Å². The molecular formula is C11H15BrN2O3S. The zero-order valence-electron chi connectivity index (χ0n) is 9.74. The van der Waals surface area contributed by atoms with Crippen LogP contribution in [0.3, 0.4) is 0 Å². The van der Waals surface area contributed by atoms with Crippen molar-refractivity contribution >= 4 is 39.3 Å². The van der Waals surface area contributed by atoms with Crippen molar-refractivity contribution in [2.75, 3.05) is 6.54 Å². The topological polar surface area (TPSA) is 78.4 Å². The van der Waals surface area contributed by atoms with Gasteiger partial charge in [0.25, 0.3) is 0 Å². The number of hydrogen-bond donors (Lipinski definition) is 3. The van der Waals surface area contributed by atoms with Gasteiger partial charge in [-0.15, -0.1) is 11.3 Å². The molecule has 2 amide bonds. The molecule has 0 fully saturated rings. The van der Waals surface area contributed by atoms with Crippen LogP contribution in [0, 0.1) is 0 Å². The van der Waals surface area contributed by atoms with Crippen molar-refractivity contribution in [3.05, 3.63) is 20.8 Å². The molecule has 0 saturated heterocycles. The number of aliphatic carboxylic acids is 1. The fourth-order valence-electron chi connectivity index (χ4n) is 1.28. The number of carbonyl (C=O) groups excluding carboxylic acids is 1. The Morgan fingerprint density at radius 1 is 1.33 bits per heavy atom.